The van der Waals surface area contributed by atoms with E-state index in [0.29, 0.717) is 10.9 Å². The Morgan fingerprint density at radius 2 is 2.08 bits per heavy atom. The first-order valence-corrected chi connectivity index (χ1v) is 4.37. The molecule has 0 unspecified atom stereocenters. The summed E-state index contributed by atoms with van der Waals surface area (Å²) in [6, 6.07) is 4.48. The quantitative estimate of drug-likeness (QED) is 0.648. The van der Waals surface area contributed by atoms with Crippen LogP contribution in [0.3, 0.4) is 0 Å². The summed E-state index contributed by atoms with van der Waals surface area (Å²) in [6.45, 7) is 0. The Bertz CT molecular complexity index is 470. The Balaban J connectivity index is 2.94. The highest BCUT2D eigenvalue weighted by Gasteiger charge is 2.11. The first kappa shape index (κ1) is 8.56. The summed E-state index contributed by atoms with van der Waals surface area (Å²) in [7, 11) is 0. The molecule has 0 spiro atoms. The number of aromatic nitrogens is 1. The van der Waals surface area contributed by atoms with Gasteiger partial charge >= 0.3 is 0 Å². The van der Waals surface area contributed by atoms with Gasteiger partial charge in [0.25, 0.3) is 0 Å². The maximum absolute atomic E-state index is 13.0. The molecule has 0 fully saturated rings. The van der Waals surface area contributed by atoms with Gasteiger partial charge in [0, 0.05) is 11.6 Å². The lowest BCUT2D eigenvalue weighted by Gasteiger charge is -2.01. The van der Waals surface area contributed by atoms with Gasteiger partial charge in [-0.1, -0.05) is 6.07 Å². The molecule has 2 aromatic rings. The van der Waals surface area contributed by atoms with E-state index in [-0.39, 0.29) is 4.47 Å². The molecule has 0 saturated carbocycles. The van der Waals surface area contributed by atoms with Crippen LogP contribution < -0.4 is 0 Å². The molecule has 0 atom stereocenters. The second-order valence-electron chi connectivity index (χ2n) is 2.56. The van der Waals surface area contributed by atoms with Gasteiger partial charge in [-0.15, -0.1) is 0 Å². The number of benzene rings is 1. The van der Waals surface area contributed by atoms with Crippen molar-refractivity contribution in [2.75, 3.05) is 0 Å². The lowest BCUT2D eigenvalue weighted by atomic mass is 10.2. The Labute approximate surface area is 81.5 Å². The van der Waals surface area contributed by atoms with E-state index in [2.05, 4.69) is 20.9 Å². The molecule has 0 radical (unpaired) electrons. The molecule has 1 nitrogen and oxygen atoms in total. The first-order valence-electron chi connectivity index (χ1n) is 3.58. The predicted octanol–water partition coefficient (Wildman–Crippen LogP) is 3.28. The summed E-state index contributed by atoms with van der Waals surface area (Å²) < 4.78 is 25.9. The minimum Gasteiger partial charge on any atom is -0.255 e. The van der Waals surface area contributed by atoms with Crippen LogP contribution in [0.5, 0.6) is 0 Å². The van der Waals surface area contributed by atoms with Crippen LogP contribution in [0.15, 0.2) is 28.9 Å². The number of hydrogen-bond donors (Lipinski definition) is 0. The van der Waals surface area contributed by atoms with Crippen LogP contribution in [0.25, 0.3) is 10.9 Å². The van der Waals surface area contributed by atoms with Crippen molar-refractivity contribution in [1.82, 2.24) is 4.98 Å². The molecule has 1 aromatic carbocycles. The summed E-state index contributed by atoms with van der Waals surface area (Å²) in [4.78, 5) is 3.93. The fraction of sp³-hybridized carbons (Fsp3) is 0. The molecule has 2 rings (SSSR count). The van der Waals surface area contributed by atoms with Crippen LogP contribution in [0.2, 0.25) is 0 Å². The van der Waals surface area contributed by atoms with Gasteiger partial charge in [-0.05, 0) is 28.1 Å². The standard InChI is InChI=1S/C9H4BrF2N/c10-7-8(12)6(11)4-5-2-1-3-13-9(5)7/h1-4H. The van der Waals surface area contributed by atoms with Gasteiger partial charge < -0.3 is 0 Å². The number of pyridine rings is 1. The number of rotatable bonds is 0. The van der Waals surface area contributed by atoms with Gasteiger partial charge in [-0.3, -0.25) is 4.98 Å². The fourth-order valence-corrected chi connectivity index (χ4v) is 1.65. The van der Waals surface area contributed by atoms with E-state index in [1.54, 1.807) is 12.1 Å². The summed E-state index contributed by atoms with van der Waals surface area (Å²) in [6.07, 6.45) is 1.53. The Kier molecular flexibility index (Phi) is 2.00. The van der Waals surface area contributed by atoms with Crippen molar-refractivity contribution in [1.29, 1.82) is 0 Å². The number of nitrogens with zero attached hydrogens (tertiary/aromatic N) is 1. The maximum atomic E-state index is 13.0. The largest absolute Gasteiger partial charge is 0.255 e. The molecule has 1 aromatic heterocycles. The number of halogens is 3. The topological polar surface area (TPSA) is 12.9 Å². The molecular formula is C9H4BrF2N. The normalized spacial score (nSPS) is 10.7. The summed E-state index contributed by atoms with van der Waals surface area (Å²) in [5, 5.41) is 0.577. The third kappa shape index (κ3) is 1.31. The van der Waals surface area contributed by atoms with Crippen LogP contribution in [0.4, 0.5) is 8.78 Å². The average Bonchev–Trinajstić information content (AvgIpc) is 2.15. The van der Waals surface area contributed by atoms with Crippen LogP contribution >= 0.6 is 15.9 Å². The van der Waals surface area contributed by atoms with Gasteiger partial charge in [0.05, 0.1) is 9.99 Å². The van der Waals surface area contributed by atoms with E-state index in [9.17, 15) is 8.78 Å². The molecule has 66 valence electrons. The second-order valence-corrected chi connectivity index (χ2v) is 3.35. The van der Waals surface area contributed by atoms with Crippen molar-refractivity contribution in [2.24, 2.45) is 0 Å². The smallest absolute Gasteiger partial charge is 0.175 e. The van der Waals surface area contributed by atoms with E-state index in [1.165, 1.54) is 6.20 Å². The molecule has 0 aliphatic carbocycles. The van der Waals surface area contributed by atoms with Crippen molar-refractivity contribution in [3.63, 3.8) is 0 Å². The monoisotopic (exact) mass is 243 g/mol. The predicted molar refractivity (Wildman–Crippen MR) is 49.4 cm³/mol. The Morgan fingerprint density at radius 1 is 1.31 bits per heavy atom. The number of fused-ring (bicyclic) bond motifs is 1. The summed E-state index contributed by atoms with van der Waals surface area (Å²) in [5.41, 5.74) is 0.432. The first-order chi connectivity index (χ1) is 6.20. The molecule has 0 aliphatic heterocycles. The van der Waals surface area contributed by atoms with Crippen LogP contribution in [-0.4, -0.2) is 4.98 Å². The van der Waals surface area contributed by atoms with Gasteiger partial charge in [-0.25, -0.2) is 8.78 Å². The molecule has 0 bridgehead atoms. The van der Waals surface area contributed by atoms with E-state index in [4.69, 9.17) is 0 Å². The molecule has 1 heterocycles. The molecule has 0 N–H and O–H groups in total. The minimum atomic E-state index is -0.897. The molecule has 0 aliphatic rings. The third-order valence-electron chi connectivity index (χ3n) is 1.73. The highest BCUT2D eigenvalue weighted by atomic mass is 79.9. The minimum absolute atomic E-state index is 0.0723. The average molecular weight is 244 g/mol. The van der Waals surface area contributed by atoms with Crippen LogP contribution in [-0.2, 0) is 0 Å². The van der Waals surface area contributed by atoms with Gasteiger partial charge in [-0.2, -0.15) is 0 Å². The highest BCUT2D eigenvalue weighted by molar-refractivity contribution is 9.10. The molecule has 4 heteroatoms. The zero-order valence-corrected chi connectivity index (χ0v) is 7.98. The molecular weight excluding hydrogens is 240 g/mol. The molecule has 0 saturated heterocycles. The van der Waals surface area contributed by atoms with Crippen molar-refractivity contribution >= 4 is 26.8 Å². The van der Waals surface area contributed by atoms with Crippen molar-refractivity contribution in [2.45, 2.75) is 0 Å². The van der Waals surface area contributed by atoms with Crippen molar-refractivity contribution in [3.05, 3.63) is 40.5 Å². The lowest BCUT2D eigenvalue weighted by Crippen LogP contribution is -1.89. The van der Waals surface area contributed by atoms with Crippen LogP contribution in [0.1, 0.15) is 0 Å². The molecule has 13 heavy (non-hydrogen) atoms. The zero-order chi connectivity index (χ0) is 9.42. The lowest BCUT2D eigenvalue weighted by molar-refractivity contribution is 0.506. The fourth-order valence-electron chi connectivity index (χ4n) is 1.13. The third-order valence-corrected chi connectivity index (χ3v) is 2.46. The van der Waals surface area contributed by atoms with Crippen molar-refractivity contribution in [3.8, 4) is 0 Å². The highest BCUT2D eigenvalue weighted by Crippen LogP contribution is 2.26. The van der Waals surface area contributed by atoms with Gasteiger partial charge in [0.15, 0.2) is 11.6 Å². The van der Waals surface area contributed by atoms with Crippen LogP contribution in [0, 0.1) is 11.6 Å². The van der Waals surface area contributed by atoms with Gasteiger partial charge in [0.1, 0.15) is 0 Å². The zero-order valence-electron chi connectivity index (χ0n) is 6.39. The van der Waals surface area contributed by atoms with Gasteiger partial charge in [0.2, 0.25) is 0 Å². The maximum Gasteiger partial charge on any atom is 0.175 e. The van der Waals surface area contributed by atoms with E-state index >= 15 is 0 Å². The second kappa shape index (κ2) is 3.03. The number of hydrogen-bond acceptors (Lipinski definition) is 1. The van der Waals surface area contributed by atoms with E-state index in [0.717, 1.165) is 6.07 Å². The Morgan fingerprint density at radius 3 is 2.85 bits per heavy atom. The molecule has 0 amide bonds. The van der Waals surface area contributed by atoms with Crippen molar-refractivity contribution < 1.29 is 8.78 Å². The van der Waals surface area contributed by atoms with E-state index < -0.39 is 11.6 Å². The SMILES string of the molecule is Fc1cc2cccnc2c(Br)c1F. The van der Waals surface area contributed by atoms with E-state index in [1.807, 2.05) is 0 Å². The summed E-state index contributed by atoms with van der Waals surface area (Å²) >= 11 is 2.95. The Hall–Kier alpha value is -1.03. The summed E-state index contributed by atoms with van der Waals surface area (Å²) in [5.74, 6) is -1.77.